The van der Waals surface area contributed by atoms with E-state index in [1.165, 1.54) is 56.1 Å². The third-order valence-corrected chi connectivity index (χ3v) is 7.26. The summed E-state index contributed by atoms with van der Waals surface area (Å²) in [7, 11) is 0. The molecule has 3 nitrogen and oxygen atoms in total. The molecule has 2 bridgehead atoms. The van der Waals surface area contributed by atoms with E-state index in [4.69, 9.17) is 0 Å². The first kappa shape index (κ1) is 13.0. The third-order valence-electron chi connectivity index (χ3n) is 7.26. The van der Waals surface area contributed by atoms with Crippen molar-refractivity contribution in [1.82, 2.24) is 15.2 Å². The first-order valence-electron chi connectivity index (χ1n) is 9.50. The van der Waals surface area contributed by atoms with Crippen molar-refractivity contribution >= 4 is 10.9 Å². The molecule has 0 unspecified atom stereocenters. The van der Waals surface area contributed by atoms with Crippen LogP contribution in [0.3, 0.4) is 0 Å². The van der Waals surface area contributed by atoms with Crippen LogP contribution < -0.4 is 5.32 Å². The number of fused-ring (bicyclic) bond motifs is 4. The molecule has 0 radical (unpaired) electrons. The molecular weight excluding hydrogens is 282 g/mol. The summed E-state index contributed by atoms with van der Waals surface area (Å²) in [5.74, 6) is 1.71. The fraction of sp³-hybridized carbons (Fsp3) is 0.600. The number of hydrogen-bond donors (Lipinski definition) is 2. The number of benzene rings is 1. The minimum Gasteiger partial charge on any atom is -0.357 e. The van der Waals surface area contributed by atoms with Crippen LogP contribution >= 0.6 is 0 Å². The topological polar surface area (TPSA) is 31.1 Å². The molecule has 5 atom stereocenters. The van der Waals surface area contributed by atoms with Gasteiger partial charge in [-0.2, -0.15) is 0 Å². The largest absolute Gasteiger partial charge is 0.357 e. The lowest BCUT2D eigenvalue weighted by Crippen LogP contribution is -2.67. The van der Waals surface area contributed by atoms with Crippen molar-refractivity contribution in [2.24, 2.45) is 11.8 Å². The summed E-state index contributed by atoms with van der Waals surface area (Å²) < 4.78 is 0. The average Bonchev–Trinajstić information content (AvgIpc) is 3.01. The van der Waals surface area contributed by atoms with Gasteiger partial charge >= 0.3 is 0 Å². The van der Waals surface area contributed by atoms with E-state index in [0.29, 0.717) is 6.04 Å². The van der Waals surface area contributed by atoms with Gasteiger partial charge in [0.2, 0.25) is 0 Å². The molecular formula is C20H25N3. The summed E-state index contributed by atoms with van der Waals surface area (Å²) in [6.07, 6.45) is 6.89. The Morgan fingerprint density at radius 1 is 1.04 bits per heavy atom. The number of H-pyrrole nitrogens is 1. The molecule has 2 N–H and O–H groups in total. The Balaban J connectivity index is 1.50. The molecule has 3 heteroatoms. The van der Waals surface area contributed by atoms with Gasteiger partial charge in [-0.1, -0.05) is 18.2 Å². The van der Waals surface area contributed by atoms with Crippen LogP contribution in [-0.2, 0) is 6.42 Å². The number of nitrogens with zero attached hydrogens (tertiary/aromatic N) is 1. The van der Waals surface area contributed by atoms with Crippen molar-refractivity contribution in [2.45, 2.75) is 50.2 Å². The fourth-order valence-corrected chi connectivity index (χ4v) is 6.48. The number of para-hydroxylation sites is 1. The highest BCUT2D eigenvalue weighted by Gasteiger charge is 2.55. The lowest BCUT2D eigenvalue weighted by molar-refractivity contribution is -0.0920. The summed E-state index contributed by atoms with van der Waals surface area (Å²) in [4.78, 5) is 6.72. The molecule has 120 valence electrons. The molecule has 2 aromatic rings. The van der Waals surface area contributed by atoms with Gasteiger partial charge in [-0.25, -0.2) is 0 Å². The van der Waals surface area contributed by atoms with Gasteiger partial charge in [0.1, 0.15) is 0 Å². The second-order valence-corrected chi connectivity index (χ2v) is 8.09. The SMILES string of the molecule is c1ccc2c3c([nH]c2c1)[C@H]1[C@@H]2CC[C@@H]([C@@H]4CCCN[C@@H]42)N1CC3. The van der Waals surface area contributed by atoms with E-state index in [0.717, 1.165) is 23.9 Å². The number of rotatable bonds is 0. The van der Waals surface area contributed by atoms with Gasteiger partial charge in [0.05, 0.1) is 6.04 Å². The number of nitrogens with one attached hydrogen (secondary N) is 2. The zero-order valence-corrected chi connectivity index (χ0v) is 13.6. The molecule has 0 spiro atoms. The van der Waals surface area contributed by atoms with E-state index < -0.39 is 0 Å². The van der Waals surface area contributed by atoms with Gasteiger partial charge in [0.15, 0.2) is 0 Å². The van der Waals surface area contributed by atoms with Gasteiger partial charge in [-0.3, -0.25) is 4.90 Å². The quantitative estimate of drug-likeness (QED) is 0.783. The van der Waals surface area contributed by atoms with Gasteiger partial charge in [0.25, 0.3) is 0 Å². The number of piperidine rings is 3. The van der Waals surface area contributed by atoms with Gasteiger partial charge in [0, 0.05) is 35.2 Å². The molecule has 0 amide bonds. The molecule has 5 heterocycles. The number of aromatic nitrogens is 1. The van der Waals surface area contributed by atoms with E-state index in [9.17, 15) is 0 Å². The summed E-state index contributed by atoms with van der Waals surface area (Å²) in [6, 6.07) is 11.1. The normalized spacial score (nSPS) is 39.0. The Morgan fingerprint density at radius 3 is 3.00 bits per heavy atom. The van der Waals surface area contributed by atoms with E-state index >= 15 is 0 Å². The predicted octanol–water partition coefficient (Wildman–Crippen LogP) is 3.23. The first-order chi connectivity index (χ1) is 11.4. The van der Waals surface area contributed by atoms with E-state index in [1.54, 1.807) is 11.3 Å². The highest BCUT2D eigenvalue weighted by Crippen LogP contribution is 2.54. The molecule has 23 heavy (non-hydrogen) atoms. The van der Waals surface area contributed by atoms with Crippen LogP contribution in [0, 0.1) is 11.8 Å². The monoisotopic (exact) mass is 307 g/mol. The Labute approximate surface area is 137 Å². The Morgan fingerprint density at radius 2 is 2.00 bits per heavy atom. The maximum atomic E-state index is 3.91. The van der Waals surface area contributed by atoms with Gasteiger partial charge in [-0.05, 0) is 62.1 Å². The highest BCUT2D eigenvalue weighted by molar-refractivity contribution is 5.85. The van der Waals surface area contributed by atoms with Crippen molar-refractivity contribution < 1.29 is 0 Å². The van der Waals surface area contributed by atoms with Crippen LogP contribution in [0.15, 0.2) is 24.3 Å². The van der Waals surface area contributed by atoms with Gasteiger partial charge in [-0.15, -0.1) is 0 Å². The molecule has 4 aliphatic heterocycles. The van der Waals surface area contributed by atoms with Gasteiger partial charge < -0.3 is 10.3 Å². The van der Waals surface area contributed by atoms with E-state index in [1.807, 2.05) is 0 Å². The summed E-state index contributed by atoms with van der Waals surface area (Å²) in [5.41, 5.74) is 4.51. The summed E-state index contributed by atoms with van der Waals surface area (Å²) in [6.45, 7) is 2.50. The average molecular weight is 307 g/mol. The van der Waals surface area contributed by atoms with Crippen LogP contribution in [0.2, 0.25) is 0 Å². The molecule has 1 aliphatic carbocycles. The molecule has 1 aromatic heterocycles. The first-order valence-corrected chi connectivity index (χ1v) is 9.50. The zero-order valence-electron chi connectivity index (χ0n) is 13.6. The molecule has 1 saturated carbocycles. The van der Waals surface area contributed by atoms with Crippen LogP contribution in [0.25, 0.3) is 10.9 Å². The lowest BCUT2D eigenvalue weighted by atomic mass is 9.61. The second kappa shape index (κ2) is 4.61. The molecule has 4 fully saturated rings. The fourth-order valence-electron chi connectivity index (χ4n) is 6.48. The number of aromatic amines is 1. The van der Waals surface area contributed by atoms with Crippen molar-refractivity contribution in [1.29, 1.82) is 0 Å². The summed E-state index contributed by atoms with van der Waals surface area (Å²) in [5, 5.41) is 5.38. The maximum Gasteiger partial charge on any atom is 0.0547 e. The Kier molecular flexibility index (Phi) is 2.61. The molecule has 1 aromatic carbocycles. The summed E-state index contributed by atoms with van der Waals surface area (Å²) >= 11 is 0. The standard InChI is InChI=1S/C20H25N3/c1-2-6-16-12(4-1)13-9-11-23-17-8-7-15(20(23)19(13)22-16)18-14(17)5-3-10-21-18/h1-2,4,6,14-15,17-18,20-22H,3,5,7-11H2/t14-,15+,17-,18-,20+/m0/s1. The maximum absolute atomic E-state index is 3.91. The van der Waals surface area contributed by atoms with Crippen molar-refractivity contribution in [2.75, 3.05) is 13.1 Å². The minimum absolute atomic E-state index is 0.636. The smallest absolute Gasteiger partial charge is 0.0547 e. The highest BCUT2D eigenvalue weighted by atomic mass is 15.3. The van der Waals surface area contributed by atoms with Crippen LogP contribution in [-0.4, -0.2) is 35.1 Å². The molecule has 5 aliphatic rings. The van der Waals surface area contributed by atoms with E-state index in [2.05, 4.69) is 39.5 Å². The van der Waals surface area contributed by atoms with Crippen LogP contribution in [0.4, 0.5) is 0 Å². The molecule has 7 rings (SSSR count). The minimum atomic E-state index is 0.636. The Bertz CT molecular complexity index is 763. The van der Waals surface area contributed by atoms with Crippen LogP contribution in [0.1, 0.15) is 43.0 Å². The van der Waals surface area contributed by atoms with Crippen molar-refractivity contribution in [3.05, 3.63) is 35.5 Å². The number of hydrogen-bond acceptors (Lipinski definition) is 2. The van der Waals surface area contributed by atoms with Crippen LogP contribution in [0.5, 0.6) is 0 Å². The lowest BCUT2D eigenvalue weighted by Gasteiger charge is -2.61. The van der Waals surface area contributed by atoms with Crippen molar-refractivity contribution in [3.63, 3.8) is 0 Å². The van der Waals surface area contributed by atoms with Crippen molar-refractivity contribution in [3.8, 4) is 0 Å². The zero-order chi connectivity index (χ0) is 15.0. The third kappa shape index (κ3) is 1.62. The Hall–Kier alpha value is -1.32. The van der Waals surface area contributed by atoms with E-state index in [-0.39, 0.29) is 0 Å². The molecule has 3 saturated heterocycles. The predicted molar refractivity (Wildman–Crippen MR) is 92.5 cm³/mol. The second-order valence-electron chi connectivity index (χ2n) is 8.09.